The first-order chi connectivity index (χ1) is 43.2. The third-order valence-corrected chi connectivity index (χ3v) is 16.8. The van der Waals surface area contributed by atoms with E-state index in [1.54, 1.807) is 0 Å². The predicted molar refractivity (Wildman–Crippen MR) is 362 cm³/mol. The summed E-state index contributed by atoms with van der Waals surface area (Å²) in [4.78, 5) is 58.2. The van der Waals surface area contributed by atoms with Crippen LogP contribution >= 0.6 is 15.6 Å². The Morgan fingerprint density at radius 1 is 0.326 bits per heavy atom. The number of ether oxygens (including phenoxy) is 3. The lowest BCUT2D eigenvalue weighted by atomic mass is 10.0. The highest BCUT2D eigenvalue weighted by atomic mass is 31.2. The number of unbranched alkanes of at least 4 members (excludes halogenated alkanes) is 32. The van der Waals surface area contributed by atoms with Crippen molar-refractivity contribution in [3.05, 3.63) is 72.9 Å². The molecule has 0 aliphatic rings. The molecule has 0 amide bonds. The van der Waals surface area contributed by atoms with Crippen molar-refractivity contribution in [1.82, 2.24) is 0 Å². The van der Waals surface area contributed by atoms with Crippen LogP contribution in [-0.2, 0) is 55.8 Å². The lowest BCUT2D eigenvalue weighted by Crippen LogP contribution is -2.30. The maximum Gasteiger partial charge on any atom is 0.472 e. The Morgan fingerprint density at radius 3 is 0.966 bits per heavy atom. The molecule has 4 N–H and O–H groups in total. The van der Waals surface area contributed by atoms with Crippen molar-refractivity contribution in [1.29, 1.82) is 0 Å². The van der Waals surface area contributed by atoms with Crippen LogP contribution in [-0.4, -0.2) is 95.9 Å². The van der Waals surface area contributed by atoms with Crippen LogP contribution in [0.25, 0.3) is 0 Å². The fraction of sp³-hybridized carbons (Fsp3) is 0.789. The van der Waals surface area contributed by atoms with E-state index in [-0.39, 0.29) is 19.3 Å². The van der Waals surface area contributed by atoms with Gasteiger partial charge in [-0.15, -0.1) is 0 Å². The largest absolute Gasteiger partial charge is 0.472 e. The van der Waals surface area contributed by atoms with Crippen molar-refractivity contribution in [3.63, 3.8) is 0 Å². The average Bonchev–Trinajstić information content (AvgIpc) is 3.73. The number of esters is 3. The number of rotatable bonds is 67. The zero-order valence-electron chi connectivity index (χ0n) is 56.1. The molecule has 0 aromatic carbocycles. The average molecular weight is 1300 g/mol. The van der Waals surface area contributed by atoms with Gasteiger partial charge in [0.1, 0.15) is 25.4 Å². The van der Waals surface area contributed by atoms with E-state index in [0.717, 1.165) is 122 Å². The molecule has 0 spiro atoms. The number of phosphoric ester groups is 2. The maximum absolute atomic E-state index is 12.8. The van der Waals surface area contributed by atoms with Crippen LogP contribution < -0.4 is 0 Å². The monoisotopic (exact) mass is 1300 g/mol. The van der Waals surface area contributed by atoms with E-state index in [4.69, 9.17) is 32.3 Å². The Bertz CT molecular complexity index is 1920. The number of carbonyl (C=O) groups is 3. The number of aliphatic hydroxyl groups is 2. The zero-order chi connectivity index (χ0) is 65.3. The molecule has 5 unspecified atom stereocenters. The molecule has 0 saturated carbocycles. The van der Waals surface area contributed by atoms with E-state index in [9.17, 15) is 43.5 Å². The van der Waals surface area contributed by atoms with Gasteiger partial charge in [-0.2, -0.15) is 0 Å². The van der Waals surface area contributed by atoms with Gasteiger partial charge >= 0.3 is 33.6 Å². The van der Waals surface area contributed by atoms with Gasteiger partial charge in [-0.05, 0) is 89.9 Å². The molecule has 0 fully saturated rings. The number of hydrogen-bond donors (Lipinski definition) is 4. The van der Waals surface area contributed by atoms with Crippen LogP contribution in [0.4, 0.5) is 0 Å². The summed E-state index contributed by atoms with van der Waals surface area (Å²) in [7, 11) is -9.76. The highest BCUT2D eigenvalue weighted by Gasteiger charge is 2.29. The molecule has 16 nitrogen and oxygen atoms in total. The highest BCUT2D eigenvalue weighted by molar-refractivity contribution is 7.47. The van der Waals surface area contributed by atoms with E-state index in [2.05, 4.69) is 93.7 Å². The van der Waals surface area contributed by atoms with Crippen LogP contribution in [0.2, 0.25) is 0 Å². The quantitative estimate of drug-likeness (QED) is 0.0146. The van der Waals surface area contributed by atoms with Crippen molar-refractivity contribution < 1.29 is 75.8 Å². The first-order valence-electron chi connectivity index (χ1n) is 35.2. The summed E-state index contributed by atoms with van der Waals surface area (Å²) >= 11 is 0. The van der Waals surface area contributed by atoms with Crippen LogP contribution in [0.5, 0.6) is 0 Å². The molecule has 0 heterocycles. The Kier molecular flexibility index (Phi) is 62.9. The summed E-state index contributed by atoms with van der Waals surface area (Å²) in [6.07, 6.45) is 68.3. The van der Waals surface area contributed by atoms with Gasteiger partial charge in [-0.1, -0.05) is 267 Å². The Morgan fingerprint density at radius 2 is 0.596 bits per heavy atom. The maximum atomic E-state index is 12.8. The molecule has 18 heteroatoms. The molecule has 0 bridgehead atoms. The van der Waals surface area contributed by atoms with Crippen LogP contribution in [0.15, 0.2) is 72.9 Å². The smallest absolute Gasteiger partial charge is 0.463 e. The minimum absolute atomic E-state index is 0.108. The molecule has 5 atom stereocenters. The van der Waals surface area contributed by atoms with E-state index >= 15 is 0 Å². The SMILES string of the molecule is CC/C=C\C/C=C\C/C=C\C/C=C\C/C=C\CCCCCCCCCCCCCCCC(=O)OCC(O)COP(=O)(O)OCC(O)COP(=O)(O)OCC(COC(=O)CCCCCCC/C=C\CCCCCC)OC(=O)CCCCCCCCCCCCC. The van der Waals surface area contributed by atoms with Gasteiger partial charge < -0.3 is 34.2 Å². The summed E-state index contributed by atoms with van der Waals surface area (Å²) in [6, 6.07) is 0. The third-order valence-electron chi connectivity index (χ3n) is 14.9. The third kappa shape index (κ3) is 66.3. The molecule has 0 radical (unpaired) electrons. The number of aliphatic hydroxyl groups excluding tert-OH is 2. The molecule has 0 aliphatic carbocycles. The summed E-state index contributed by atoms with van der Waals surface area (Å²) in [6.45, 7) is 2.54. The molecule has 0 saturated heterocycles. The molecule has 89 heavy (non-hydrogen) atoms. The van der Waals surface area contributed by atoms with Crippen molar-refractivity contribution in [2.24, 2.45) is 0 Å². The number of phosphoric acid groups is 2. The van der Waals surface area contributed by atoms with Crippen molar-refractivity contribution in [2.75, 3.05) is 39.6 Å². The van der Waals surface area contributed by atoms with Gasteiger partial charge in [0.05, 0.1) is 26.4 Å². The first-order valence-corrected chi connectivity index (χ1v) is 38.2. The topological polar surface area (TPSA) is 231 Å². The van der Waals surface area contributed by atoms with Crippen LogP contribution in [0, 0.1) is 0 Å². The van der Waals surface area contributed by atoms with Gasteiger partial charge in [-0.25, -0.2) is 9.13 Å². The van der Waals surface area contributed by atoms with E-state index < -0.39 is 91.5 Å². The lowest BCUT2D eigenvalue weighted by Gasteiger charge is -2.21. The fourth-order valence-corrected chi connectivity index (χ4v) is 11.1. The second-order valence-corrected chi connectivity index (χ2v) is 26.6. The Balaban J connectivity index is 4.37. The summed E-state index contributed by atoms with van der Waals surface area (Å²) in [5, 5.41) is 20.5. The van der Waals surface area contributed by atoms with E-state index in [1.165, 1.54) is 122 Å². The Labute approximate surface area is 541 Å². The first kappa shape index (κ1) is 86.0. The van der Waals surface area contributed by atoms with Crippen LogP contribution in [0.1, 0.15) is 303 Å². The number of allylic oxidation sites excluding steroid dienone is 12. The minimum atomic E-state index is -4.91. The van der Waals surface area contributed by atoms with Gasteiger partial charge in [0.2, 0.25) is 0 Å². The second-order valence-electron chi connectivity index (χ2n) is 23.7. The molecular weight excluding hydrogens is 1170 g/mol. The van der Waals surface area contributed by atoms with Gasteiger partial charge in [0.25, 0.3) is 0 Å². The standard InChI is InChI=1S/C71H128O16P2/c1-4-7-10-13-16-19-22-24-25-26-27-28-29-30-31-32-33-34-35-36-37-38-39-41-44-45-48-51-54-57-69(74)81-60-66(72)61-83-88(77,78)84-62-67(73)63-85-89(79,80)86-65-68(87-71(76)59-56-53-50-47-42-21-18-15-12-9-6-3)64-82-70(75)58-55-52-49-46-43-40-23-20-17-14-11-8-5-2/h7,10,16,19-20,23-25,27-28,30-31,66-68,72-73H,4-6,8-9,11-15,17-18,21-22,26,29,32-65H2,1-3H3,(H,77,78)(H,79,80)/b10-7-,19-16-,23-20-,25-24-,28-27-,31-30-. The molecule has 0 aromatic rings. The fourth-order valence-electron chi connectivity index (χ4n) is 9.53. The van der Waals surface area contributed by atoms with Gasteiger partial charge in [0, 0.05) is 19.3 Å². The molecule has 0 rings (SSSR count). The minimum Gasteiger partial charge on any atom is -0.463 e. The van der Waals surface area contributed by atoms with Crippen molar-refractivity contribution >= 4 is 33.6 Å². The summed E-state index contributed by atoms with van der Waals surface area (Å²) in [5.74, 6) is -1.57. The normalized spacial score (nSPS) is 14.6. The number of hydrogen-bond acceptors (Lipinski definition) is 14. The predicted octanol–water partition coefficient (Wildman–Crippen LogP) is 19.5. The molecule has 0 aromatic heterocycles. The van der Waals surface area contributed by atoms with Crippen molar-refractivity contribution in [3.8, 4) is 0 Å². The molecular formula is C71H128O16P2. The van der Waals surface area contributed by atoms with Crippen LogP contribution in [0.3, 0.4) is 0 Å². The van der Waals surface area contributed by atoms with E-state index in [1.807, 2.05) is 0 Å². The second kappa shape index (κ2) is 65.1. The van der Waals surface area contributed by atoms with Crippen molar-refractivity contribution in [2.45, 2.75) is 322 Å². The zero-order valence-corrected chi connectivity index (χ0v) is 57.9. The summed E-state index contributed by atoms with van der Waals surface area (Å²) in [5.41, 5.74) is 0. The van der Waals surface area contributed by atoms with E-state index in [0.29, 0.717) is 19.3 Å². The highest BCUT2D eigenvalue weighted by Crippen LogP contribution is 2.45. The lowest BCUT2D eigenvalue weighted by molar-refractivity contribution is -0.161. The number of carbonyl (C=O) groups excluding carboxylic acids is 3. The molecule has 518 valence electrons. The molecule has 0 aliphatic heterocycles. The van der Waals surface area contributed by atoms with Gasteiger partial charge in [0.15, 0.2) is 6.10 Å². The summed E-state index contributed by atoms with van der Waals surface area (Å²) < 4.78 is 60.8. The Hall–Kier alpha value is -3.01. The van der Waals surface area contributed by atoms with Gasteiger partial charge in [-0.3, -0.25) is 32.5 Å².